The topological polar surface area (TPSA) is 78.5 Å². The maximum absolute atomic E-state index is 12.6. The second-order valence-electron chi connectivity index (χ2n) is 5.83. The summed E-state index contributed by atoms with van der Waals surface area (Å²) in [6.07, 6.45) is 0. The van der Waals surface area contributed by atoms with Crippen molar-refractivity contribution in [1.82, 2.24) is 15.5 Å². The highest BCUT2D eigenvalue weighted by molar-refractivity contribution is 7.10. The summed E-state index contributed by atoms with van der Waals surface area (Å²) < 4.78 is 0. The van der Waals surface area contributed by atoms with Crippen LogP contribution in [0.3, 0.4) is 0 Å². The van der Waals surface area contributed by atoms with E-state index in [-0.39, 0.29) is 13.1 Å². The van der Waals surface area contributed by atoms with Gasteiger partial charge in [-0.3, -0.25) is 14.5 Å². The molecule has 1 fully saturated rings. The van der Waals surface area contributed by atoms with Gasteiger partial charge in [-0.15, -0.1) is 11.3 Å². The molecule has 6 nitrogen and oxygen atoms in total. The van der Waals surface area contributed by atoms with E-state index in [0.717, 1.165) is 15.3 Å². The van der Waals surface area contributed by atoms with E-state index in [4.69, 9.17) is 11.6 Å². The van der Waals surface area contributed by atoms with Crippen molar-refractivity contribution in [3.05, 3.63) is 57.2 Å². The minimum Gasteiger partial charge on any atom is -0.350 e. The normalized spacial score (nSPS) is 19.8. The van der Waals surface area contributed by atoms with E-state index in [1.165, 1.54) is 11.3 Å². The quantitative estimate of drug-likeness (QED) is 0.786. The van der Waals surface area contributed by atoms with E-state index >= 15 is 0 Å². The smallest absolute Gasteiger partial charge is 0.325 e. The van der Waals surface area contributed by atoms with Gasteiger partial charge in [-0.1, -0.05) is 29.8 Å². The minimum atomic E-state index is -1.13. The molecule has 1 atom stereocenters. The molecule has 3 rings (SSSR count). The SMILES string of the molecule is CC1(c2cccs2)NC(=O)N(CC(=O)NCc2cccc(Cl)c2)C1=O. The highest BCUT2D eigenvalue weighted by atomic mass is 35.5. The van der Waals surface area contributed by atoms with E-state index in [0.29, 0.717) is 5.02 Å². The summed E-state index contributed by atoms with van der Waals surface area (Å²) in [5.74, 6) is -0.850. The number of carbonyl (C=O) groups excluding carboxylic acids is 3. The zero-order chi connectivity index (χ0) is 18.0. The zero-order valence-corrected chi connectivity index (χ0v) is 15.0. The molecular formula is C17H16ClN3O3S. The van der Waals surface area contributed by atoms with Crippen molar-refractivity contribution in [2.24, 2.45) is 0 Å². The summed E-state index contributed by atoms with van der Waals surface area (Å²) in [4.78, 5) is 38.6. The molecule has 2 aromatic rings. The Kier molecular flexibility index (Phi) is 4.78. The van der Waals surface area contributed by atoms with Crippen molar-refractivity contribution in [3.63, 3.8) is 0 Å². The molecule has 1 aliphatic heterocycles. The Bertz CT molecular complexity index is 824. The monoisotopic (exact) mass is 377 g/mol. The Balaban J connectivity index is 1.63. The van der Waals surface area contributed by atoms with Crippen LogP contribution in [0.5, 0.6) is 0 Å². The van der Waals surface area contributed by atoms with Crippen molar-refractivity contribution in [2.75, 3.05) is 6.54 Å². The standard InChI is InChI=1S/C17H16ClN3O3S/c1-17(13-6-3-7-25-13)15(23)21(16(24)20-17)10-14(22)19-9-11-4-2-5-12(18)8-11/h2-8H,9-10H2,1H3,(H,19,22)(H,20,24). The first-order valence-corrected chi connectivity index (χ1v) is 8.85. The number of halogens is 1. The molecule has 1 saturated heterocycles. The van der Waals surface area contributed by atoms with E-state index in [1.807, 2.05) is 17.5 Å². The second-order valence-corrected chi connectivity index (χ2v) is 7.21. The number of nitrogens with one attached hydrogen (secondary N) is 2. The Morgan fingerprint density at radius 1 is 1.32 bits per heavy atom. The Hall–Kier alpha value is -2.38. The third-order valence-corrected chi connectivity index (χ3v) is 5.30. The number of benzene rings is 1. The first-order valence-electron chi connectivity index (χ1n) is 7.59. The maximum Gasteiger partial charge on any atom is 0.325 e. The van der Waals surface area contributed by atoms with Gasteiger partial charge >= 0.3 is 6.03 Å². The molecule has 0 bridgehead atoms. The number of carbonyl (C=O) groups is 3. The van der Waals surface area contributed by atoms with Gasteiger partial charge in [0.05, 0.1) is 0 Å². The molecule has 2 heterocycles. The number of amides is 4. The van der Waals surface area contributed by atoms with E-state index in [2.05, 4.69) is 10.6 Å². The Labute approximate surface area is 153 Å². The fraction of sp³-hybridized carbons (Fsp3) is 0.235. The average molecular weight is 378 g/mol. The van der Waals surface area contributed by atoms with Crippen molar-refractivity contribution in [1.29, 1.82) is 0 Å². The molecule has 25 heavy (non-hydrogen) atoms. The van der Waals surface area contributed by atoms with Crippen LogP contribution in [0.4, 0.5) is 4.79 Å². The van der Waals surface area contributed by atoms with Crippen LogP contribution in [0, 0.1) is 0 Å². The van der Waals surface area contributed by atoms with Crippen LogP contribution >= 0.6 is 22.9 Å². The fourth-order valence-electron chi connectivity index (χ4n) is 2.62. The molecular weight excluding hydrogens is 362 g/mol. The van der Waals surface area contributed by atoms with Gasteiger partial charge in [0.15, 0.2) is 5.54 Å². The number of urea groups is 1. The van der Waals surface area contributed by atoms with E-state index in [9.17, 15) is 14.4 Å². The lowest BCUT2D eigenvalue weighted by molar-refractivity contribution is -0.134. The van der Waals surface area contributed by atoms with Crippen LogP contribution < -0.4 is 10.6 Å². The van der Waals surface area contributed by atoms with Crippen LogP contribution in [-0.4, -0.2) is 29.3 Å². The molecule has 1 unspecified atom stereocenters. The number of rotatable bonds is 5. The molecule has 8 heteroatoms. The summed E-state index contributed by atoms with van der Waals surface area (Å²) >= 11 is 7.28. The summed E-state index contributed by atoms with van der Waals surface area (Å²) in [7, 11) is 0. The van der Waals surface area contributed by atoms with Crippen LogP contribution in [0.2, 0.25) is 5.02 Å². The Morgan fingerprint density at radius 3 is 2.80 bits per heavy atom. The predicted molar refractivity (Wildman–Crippen MR) is 95.2 cm³/mol. The van der Waals surface area contributed by atoms with Gasteiger partial charge in [-0.25, -0.2) is 4.79 Å². The maximum atomic E-state index is 12.6. The van der Waals surface area contributed by atoms with Gasteiger partial charge in [0, 0.05) is 16.4 Å². The molecule has 4 amide bonds. The first-order chi connectivity index (χ1) is 11.9. The number of imide groups is 1. The number of nitrogens with zero attached hydrogens (tertiary/aromatic N) is 1. The highest BCUT2D eigenvalue weighted by Crippen LogP contribution is 2.31. The van der Waals surface area contributed by atoms with E-state index in [1.54, 1.807) is 31.2 Å². The number of hydrogen-bond donors (Lipinski definition) is 2. The molecule has 130 valence electrons. The summed E-state index contributed by atoms with van der Waals surface area (Å²) in [6, 6.07) is 10.1. The molecule has 0 radical (unpaired) electrons. The highest BCUT2D eigenvalue weighted by Gasteiger charge is 2.50. The zero-order valence-electron chi connectivity index (χ0n) is 13.4. The van der Waals surface area contributed by atoms with Gasteiger partial charge in [-0.2, -0.15) is 0 Å². The van der Waals surface area contributed by atoms with Crippen LogP contribution in [0.1, 0.15) is 17.4 Å². The van der Waals surface area contributed by atoms with Crippen molar-refractivity contribution >= 4 is 40.8 Å². The summed E-state index contributed by atoms with van der Waals surface area (Å²) in [6.45, 7) is 1.58. The van der Waals surface area contributed by atoms with Gasteiger partial charge in [0.25, 0.3) is 5.91 Å². The minimum absolute atomic E-state index is 0.269. The third kappa shape index (κ3) is 3.52. The first kappa shape index (κ1) is 17.4. The van der Waals surface area contributed by atoms with Crippen LogP contribution in [-0.2, 0) is 21.7 Å². The molecule has 0 aliphatic carbocycles. The lowest BCUT2D eigenvalue weighted by atomic mass is 10.0. The third-order valence-electron chi connectivity index (χ3n) is 3.97. The fourth-order valence-corrected chi connectivity index (χ4v) is 3.67. The lowest BCUT2D eigenvalue weighted by Crippen LogP contribution is -2.42. The summed E-state index contributed by atoms with van der Waals surface area (Å²) in [5, 5.41) is 7.77. The van der Waals surface area contributed by atoms with Gasteiger partial charge in [-0.05, 0) is 36.1 Å². The van der Waals surface area contributed by atoms with E-state index < -0.39 is 23.4 Å². The van der Waals surface area contributed by atoms with Crippen molar-refractivity contribution < 1.29 is 14.4 Å². The largest absolute Gasteiger partial charge is 0.350 e. The average Bonchev–Trinajstić information content (AvgIpc) is 3.18. The van der Waals surface area contributed by atoms with Gasteiger partial charge in [0.1, 0.15) is 6.54 Å². The van der Waals surface area contributed by atoms with Gasteiger partial charge in [0.2, 0.25) is 5.91 Å². The Morgan fingerprint density at radius 2 is 2.12 bits per heavy atom. The molecule has 1 aromatic heterocycles. The molecule has 0 saturated carbocycles. The number of hydrogen-bond acceptors (Lipinski definition) is 4. The molecule has 1 aliphatic rings. The summed E-state index contributed by atoms with van der Waals surface area (Å²) in [5.41, 5.74) is -0.292. The second kappa shape index (κ2) is 6.85. The molecule has 1 aromatic carbocycles. The van der Waals surface area contributed by atoms with Gasteiger partial charge < -0.3 is 10.6 Å². The van der Waals surface area contributed by atoms with Crippen molar-refractivity contribution in [2.45, 2.75) is 19.0 Å². The lowest BCUT2D eigenvalue weighted by Gasteiger charge is -2.20. The van der Waals surface area contributed by atoms with Crippen molar-refractivity contribution in [3.8, 4) is 0 Å². The predicted octanol–water partition coefficient (Wildman–Crippen LogP) is 2.48. The number of thiophene rings is 1. The molecule has 2 N–H and O–H groups in total. The van der Waals surface area contributed by atoms with Crippen LogP contribution in [0.25, 0.3) is 0 Å². The molecule has 0 spiro atoms. The van der Waals surface area contributed by atoms with Crippen LogP contribution in [0.15, 0.2) is 41.8 Å².